The van der Waals surface area contributed by atoms with Gasteiger partial charge in [0, 0.05) is 19.3 Å². The Labute approximate surface area is 424 Å². The van der Waals surface area contributed by atoms with Gasteiger partial charge >= 0.3 is 17.9 Å². The molecule has 0 fully saturated rings. The van der Waals surface area contributed by atoms with E-state index in [1.165, 1.54) is 238 Å². The molecule has 1 atom stereocenters. The largest absolute Gasteiger partial charge is 0.462 e. The average Bonchev–Trinajstić information content (AvgIpc) is 3.34. The fraction of sp³-hybridized carbons (Fsp3) is 0.919. The van der Waals surface area contributed by atoms with Crippen LogP contribution in [0.15, 0.2) is 12.2 Å². The molecule has 0 aliphatic heterocycles. The first-order valence-corrected chi connectivity index (χ1v) is 30.7. The third-order valence-corrected chi connectivity index (χ3v) is 14.0. The summed E-state index contributed by atoms with van der Waals surface area (Å²) in [4.78, 5) is 37.9. The molecule has 402 valence electrons. The van der Waals surface area contributed by atoms with Crippen molar-refractivity contribution in [3.8, 4) is 0 Å². The van der Waals surface area contributed by atoms with E-state index < -0.39 is 6.10 Å². The van der Waals surface area contributed by atoms with Gasteiger partial charge in [-0.05, 0) is 38.5 Å². The van der Waals surface area contributed by atoms with Gasteiger partial charge in [-0.15, -0.1) is 0 Å². The van der Waals surface area contributed by atoms with Gasteiger partial charge < -0.3 is 14.2 Å². The second-order valence-electron chi connectivity index (χ2n) is 21.0. The second kappa shape index (κ2) is 57.7. The van der Waals surface area contributed by atoms with Crippen molar-refractivity contribution in [2.24, 2.45) is 0 Å². The summed E-state index contributed by atoms with van der Waals surface area (Å²) in [6.07, 6.45) is 66.8. The molecule has 1 unspecified atom stereocenters. The molecule has 6 nitrogen and oxygen atoms in total. The van der Waals surface area contributed by atoms with E-state index >= 15 is 0 Å². The second-order valence-corrected chi connectivity index (χ2v) is 21.0. The summed E-state index contributed by atoms with van der Waals surface area (Å²) < 4.78 is 16.8. The summed E-state index contributed by atoms with van der Waals surface area (Å²) in [7, 11) is 0. The van der Waals surface area contributed by atoms with Gasteiger partial charge in [0.15, 0.2) is 6.10 Å². The van der Waals surface area contributed by atoms with E-state index in [-0.39, 0.29) is 31.1 Å². The highest BCUT2D eigenvalue weighted by atomic mass is 16.6. The molecule has 0 aliphatic carbocycles. The molecule has 0 N–H and O–H groups in total. The standard InChI is InChI=1S/C62H118O6/c1-4-7-10-13-16-19-22-23-24-25-26-27-28-29-30-31-32-33-34-35-36-37-38-39-40-41-44-46-49-52-55-61(64)67-58-59(68-62(65)56-53-50-47-43-21-18-15-12-9-6-3)57-66-60(63)54-51-48-45-42-20-17-14-11-8-5-2/h12,15,59H,4-11,13-14,16-58H2,1-3H3/b15-12-. The van der Waals surface area contributed by atoms with Crippen LogP contribution in [0.25, 0.3) is 0 Å². The molecular formula is C62H118O6. The molecule has 68 heavy (non-hydrogen) atoms. The molecular weight excluding hydrogens is 841 g/mol. The average molecular weight is 960 g/mol. The van der Waals surface area contributed by atoms with Crippen LogP contribution in [-0.2, 0) is 28.6 Å². The maximum absolute atomic E-state index is 12.8. The van der Waals surface area contributed by atoms with Crippen molar-refractivity contribution in [2.75, 3.05) is 13.2 Å². The topological polar surface area (TPSA) is 78.9 Å². The van der Waals surface area contributed by atoms with Crippen LogP contribution in [0.3, 0.4) is 0 Å². The van der Waals surface area contributed by atoms with Crippen molar-refractivity contribution < 1.29 is 28.6 Å². The summed E-state index contributed by atoms with van der Waals surface area (Å²) >= 11 is 0. The first kappa shape index (κ1) is 66.2. The lowest BCUT2D eigenvalue weighted by molar-refractivity contribution is -0.167. The smallest absolute Gasteiger partial charge is 0.306 e. The molecule has 6 heteroatoms. The first-order valence-electron chi connectivity index (χ1n) is 30.7. The Bertz CT molecular complexity index is 1060. The molecule has 0 bridgehead atoms. The number of esters is 3. The van der Waals surface area contributed by atoms with Gasteiger partial charge in [-0.3, -0.25) is 14.4 Å². The van der Waals surface area contributed by atoms with Crippen molar-refractivity contribution in [2.45, 2.75) is 354 Å². The monoisotopic (exact) mass is 959 g/mol. The van der Waals surface area contributed by atoms with Gasteiger partial charge in [0.25, 0.3) is 0 Å². The van der Waals surface area contributed by atoms with E-state index in [9.17, 15) is 14.4 Å². The van der Waals surface area contributed by atoms with E-state index in [4.69, 9.17) is 14.2 Å². The Morgan fingerprint density at radius 2 is 0.515 bits per heavy atom. The highest BCUT2D eigenvalue weighted by Gasteiger charge is 2.19. The summed E-state index contributed by atoms with van der Waals surface area (Å²) in [5.41, 5.74) is 0. The van der Waals surface area contributed by atoms with Gasteiger partial charge in [-0.2, -0.15) is 0 Å². The molecule has 0 saturated carbocycles. The summed E-state index contributed by atoms with van der Waals surface area (Å²) in [6.45, 7) is 6.61. The van der Waals surface area contributed by atoms with Crippen LogP contribution in [0.2, 0.25) is 0 Å². The normalized spacial score (nSPS) is 12.0. The zero-order chi connectivity index (χ0) is 49.3. The van der Waals surface area contributed by atoms with Crippen LogP contribution in [0.1, 0.15) is 348 Å². The number of hydrogen-bond acceptors (Lipinski definition) is 6. The Hall–Kier alpha value is -1.85. The van der Waals surface area contributed by atoms with Gasteiger partial charge in [-0.25, -0.2) is 0 Å². The quantitative estimate of drug-likeness (QED) is 0.0262. The Morgan fingerprint density at radius 3 is 0.794 bits per heavy atom. The van der Waals surface area contributed by atoms with Crippen LogP contribution < -0.4 is 0 Å². The molecule has 0 aromatic carbocycles. The molecule has 0 radical (unpaired) electrons. The SMILES string of the molecule is CCC/C=C\CCCCCCCC(=O)OC(COC(=O)CCCCCCCCCCCC)COC(=O)CCCCCCCCCCCCCCCCCCCCCCCCCCCCCCCC. The van der Waals surface area contributed by atoms with Crippen molar-refractivity contribution in [1.82, 2.24) is 0 Å². The van der Waals surface area contributed by atoms with Gasteiger partial charge in [0.2, 0.25) is 0 Å². The number of carbonyl (C=O) groups excluding carboxylic acids is 3. The lowest BCUT2D eigenvalue weighted by atomic mass is 10.0. The zero-order valence-electron chi connectivity index (χ0n) is 46.2. The maximum Gasteiger partial charge on any atom is 0.306 e. The maximum atomic E-state index is 12.8. The fourth-order valence-corrected chi connectivity index (χ4v) is 9.39. The van der Waals surface area contributed by atoms with E-state index in [1.54, 1.807) is 0 Å². The third-order valence-electron chi connectivity index (χ3n) is 14.0. The van der Waals surface area contributed by atoms with Crippen LogP contribution in [-0.4, -0.2) is 37.2 Å². The molecule has 0 spiro atoms. The number of rotatable bonds is 57. The zero-order valence-corrected chi connectivity index (χ0v) is 46.2. The minimum absolute atomic E-state index is 0.0682. The van der Waals surface area contributed by atoms with E-state index in [0.29, 0.717) is 19.3 Å². The molecule has 0 heterocycles. The number of carbonyl (C=O) groups is 3. The Morgan fingerprint density at radius 1 is 0.279 bits per heavy atom. The number of ether oxygens (including phenoxy) is 3. The van der Waals surface area contributed by atoms with Crippen LogP contribution in [0, 0.1) is 0 Å². The molecule has 0 aromatic heterocycles. The van der Waals surface area contributed by atoms with Crippen LogP contribution in [0.4, 0.5) is 0 Å². The van der Waals surface area contributed by atoms with Crippen molar-refractivity contribution in [3.63, 3.8) is 0 Å². The van der Waals surface area contributed by atoms with E-state index in [1.807, 2.05) is 0 Å². The first-order chi connectivity index (χ1) is 33.5. The molecule has 0 amide bonds. The summed E-state index contributed by atoms with van der Waals surface area (Å²) in [6, 6.07) is 0. The highest BCUT2D eigenvalue weighted by Crippen LogP contribution is 2.18. The van der Waals surface area contributed by atoms with Gasteiger partial charge in [0.05, 0.1) is 0 Å². The summed E-state index contributed by atoms with van der Waals surface area (Å²) in [5, 5.41) is 0. The van der Waals surface area contributed by atoms with Crippen molar-refractivity contribution >= 4 is 17.9 Å². The highest BCUT2D eigenvalue weighted by molar-refractivity contribution is 5.71. The minimum Gasteiger partial charge on any atom is -0.462 e. The van der Waals surface area contributed by atoms with Gasteiger partial charge in [0.1, 0.15) is 13.2 Å². The predicted octanol–water partition coefficient (Wildman–Crippen LogP) is 20.5. The number of allylic oxidation sites excluding steroid dienone is 2. The van der Waals surface area contributed by atoms with Crippen LogP contribution >= 0.6 is 0 Å². The molecule has 0 rings (SSSR count). The van der Waals surface area contributed by atoms with Crippen molar-refractivity contribution in [1.29, 1.82) is 0 Å². The molecule has 0 saturated heterocycles. The lowest BCUT2D eigenvalue weighted by Gasteiger charge is -2.18. The lowest BCUT2D eigenvalue weighted by Crippen LogP contribution is -2.30. The Balaban J connectivity index is 3.96. The van der Waals surface area contributed by atoms with Crippen molar-refractivity contribution in [3.05, 3.63) is 12.2 Å². The Kier molecular flexibility index (Phi) is 56.2. The molecule has 0 aromatic rings. The third kappa shape index (κ3) is 55.1. The number of unbranched alkanes of at least 4 members (excludes halogenated alkanes) is 44. The van der Waals surface area contributed by atoms with Crippen LogP contribution in [0.5, 0.6) is 0 Å². The molecule has 0 aliphatic rings. The number of hydrogen-bond donors (Lipinski definition) is 0. The van der Waals surface area contributed by atoms with E-state index in [2.05, 4.69) is 32.9 Å². The van der Waals surface area contributed by atoms with E-state index in [0.717, 1.165) is 70.6 Å². The summed E-state index contributed by atoms with van der Waals surface area (Å²) in [5.74, 6) is -0.861. The minimum atomic E-state index is -0.767. The fourth-order valence-electron chi connectivity index (χ4n) is 9.39. The van der Waals surface area contributed by atoms with Gasteiger partial charge in [-0.1, -0.05) is 303 Å². The predicted molar refractivity (Wildman–Crippen MR) is 293 cm³/mol.